The fourth-order valence-electron chi connectivity index (χ4n) is 3.03. The monoisotopic (exact) mass is 332 g/mol. The van der Waals surface area contributed by atoms with E-state index in [1.807, 2.05) is 42.5 Å². The molecule has 124 valence electrons. The van der Waals surface area contributed by atoms with E-state index in [1.165, 1.54) is 11.3 Å². The Balaban J connectivity index is 1.75. The van der Waals surface area contributed by atoms with Crippen molar-refractivity contribution in [3.05, 3.63) is 89.9 Å². The van der Waals surface area contributed by atoms with Gasteiger partial charge in [0.15, 0.2) is 5.76 Å². The molecule has 25 heavy (non-hydrogen) atoms. The molecule has 0 bridgehead atoms. The Hall–Kier alpha value is -3.34. The highest BCUT2D eigenvalue weighted by Crippen LogP contribution is 2.37. The first-order valence-electron chi connectivity index (χ1n) is 8.02. The zero-order chi connectivity index (χ0) is 17.2. The van der Waals surface area contributed by atoms with Crippen LogP contribution in [0.15, 0.2) is 82.5 Å². The zero-order valence-electron chi connectivity index (χ0n) is 13.4. The molecule has 0 aliphatic carbocycles. The van der Waals surface area contributed by atoms with Gasteiger partial charge in [0.25, 0.3) is 0 Å². The molecule has 3 aromatic rings. The van der Waals surface area contributed by atoms with Crippen LogP contribution in [0.1, 0.15) is 34.1 Å². The van der Waals surface area contributed by atoms with E-state index in [-0.39, 0.29) is 23.5 Å². The summed E-state index contributed by atoms with van der Waals surface area (Å²) < 4.78 is 5.24. The number of amides is 1. The second-order valence-corrected chi connectivity index (χ2v) is 5.82. The topological polar surface area (TPSA) is 66.0 Å². The summed E-state index contributed by atoms with van der Waals surface area (Å²) in [6.45, 7) is 0. The SMILES string of the molecule is O=C(c1ccco1)N1N=C(c2ccccc2)CC1c1ccccc1O. The molecule has 1 aromatic heterocycles. The molecule has 2 aromatic carbocycles. The number of hydrogen-bond acceptors (Lipinski definition) is 4. The smallest absolute Gasteiger partial charge is 0.310 e. The Morgan fingerprint density at radius 2 is 1.80 bits per heavy atom. The van der Waals surface area contributed by atoms with Gasteiger partial charge in [-0.3, -0.25) is 4.79 Å². The maximum absolute atomic E-state index is 12.8. The van der Waals surface area contributed by atoms with Gasteiger partial charge < -0.3 is 9.52 Å². The molecule has 1 unspecified atom stereocenters. The molecular formula is C20H16N2O3. The van der Waals surface area contributed by atoms with E-state index in [2.05, 4.69) is 5.10 Å². The van der Waals surface area contributed by atoms with E-state index in [0.29, 0.717) is 12.0 Å². The van der Waals surface area contributed by atoms with E-state index in [0.717, 1.165) is 11.3 Å². The van der Waals surface area contributed by atoms with Crippen LogP contribution in [-0.2, 0) is 0 Å². The zero-order valence-corrected chi connectivity index (χ0v) is 13.4. The third-order valence-electron chi connectivity index (χ3n) is 4.25. The van der Waals surface area contributed by atoms with Gasteiger partial charge in [0.05, 0.1) is 18.0 Å². The average Bonchev–Trinajstić information content (AvgIpc) is 3.32. The van der Waals surface area contributed by atoms with E-state index in [9.17, 15) is 9.90 Å². The summed E-state index contributed by atoms with van der Waals surface area (Å²) in [5.41, 5.74) is 2.42. The predicted octanol–water partition coefficient (Wildman–Crippen LogP) is 3.98. The maximum atomic E-state index is 12.8. The average molecular weight is 332 g/mol. The molecule has 1 atom stereocenters. The van der Waals surface area contributed by atoms with E-state index < -0.39 is 0 Å². The molecule has 1 aliphatic rings. The molecule has 1 aliphatic heterocycles. The minimum Gasteiger partial charge on any atom is -0.508 e. The normalized spacial score (nSPS) is 16.7. The Morgan fingerprint density at radius 1 is 1.04 bits per heavy atom. The lowest BCUT2D eigenvalue weighted by atomic mass is 9.97. The van der Waals surface area contributed by atoms with Crippen LogP contribution in [0.4, 0.5) is 0 Å². The van der Waals surface area contributed by atoms with Gasteiger partial charge >= 0.3 is 5.91 Å². The summed E-state index contributed by atoms with van der Waals surface area (Å²) in [7, 11) is 0. The standard InChI is InChI=1S/C20H16N2O3/c23-18-10-5-4-9-15(18)17-13-16(14-7-2-1-3-8-14)21-22(17)20(24)19-11-6-12-25-19/h1-12,17,23H,13H2. The van der Waals surface area contributed by atoms with Crippen LogP contribution in [0.2, 0.25) is 0 Å². The lowest BCUT2D eigenvalue weighted by molar-refractivity contribution is 0.0677. The number of carbonyl (C=O) groups is 1. The van der Waals surface area contributed by atoms with Crippen molar-refractivity contribution in [1.82, 2.24) is 5.01 Å². The second-order valence-electron chi connectivity index (χ2n) is 5.82. The summed E-state index contributed by atoms with van der Waals surface area (Å²) in [5, 5.41) is 16.2. The summed E-state index contributed by atoms with van der Waals surface area (Å²) in [6.07, 6.45) is 1.98. The highest BCUT2D eigenvalue weighted by Gasteiger charge is 2.35. The summed E-state index contributed by atoms with van der Waals surface area (Å²) in [6, 6.07) is 19.6. The minimum absolute atomic E-state index is 0.147. The van der Waals surface area contributed by atoms with Crippen LogP contribution in [-0.4, -0.2) is 21.7 Å². The molecule has 0 radical (unpaired) electrons. The van der Waals surface area contributed by atoms with Crippen LogP contribution in [0.5, 0.6) is 5.75 Å². The van der Waals surface area contributed by atoms with Crippen molar-refractivity contribution in [2.24, 2.45) is 5.10 Å². The quantitative estimate of drug-likeness (QED) is 0.789. The van der Waals surface area contributed by atoms with Gasteiger partial charge in [-0.15, -0.1) is 0 Å². The van der Waals surface area contributed by atoms with Crippen molar-refractivity contribution < 1.29 is 14.3 Å². The van der Waals surface area contributed by atoms with Crippen molar-refractivity contribution in [1.29, 1.82) is 0 Å². The summed E-state index contributed by atoms with van der Waals surface area (Å²) >= 11 is 0. The van der Waals surface area contributed by atoms with E-state index >= 15 is 0 Å². The molecular weight excluding hydrogens is 316 g/mol. The molecule has 4 rings (SSSR count). The molecule has 5 nitrogen and oxygen atoms in total. The highest BCUT2D eigenvalue weighted by molar-refractivity contribution is 6.04. The van der Waals surface area contributed by atoms with Crippen LogP contribution >= 0.6 is 0 Å². The van der Waals surface area contributed by atoms with Crippen molar-refractivity contribution in [3.8, 4) is 5.75 Å². The number of phenolic OH excluding ortho intramolecular Hbond substituents is 1. The molecule has 2 heterocycles. The highest BCUT2D eigenvalue weighted by atomic mass is 16.3. The maximum Gasteiger partial charge on any atom is 0.310 e. The predicted molar refractivity (Wildman–Crippen MR) is 93.3 cm³/mol. The van der Waals surface area contributed by atoms with Crippen LogP contribution in [0, 0.1) is 0 Å². The lowest BCUT2D eigenvalue weighted by Gasteiger charge is -2.21. The summed E-state index contributed by atoms with van der Waals surface area (Å²) in [5.74, 6) is 0.0388. The first kappa shape index (κ1) is 15.2. The number of furan rings is 1. The lowest BCUT2D eigenvalue weighted by Crippen LogP contribution is -2.26. The van der Waals surface area contributed by atoms with E-state index in [4.69, 9.17) is 4.42 Å². The number of phenols is 1. The van der Waals surface area contributed by atoms with Gasteiger partial charge in [0.1, 0.15) is 5.75 Å². The number of carbonyl (C=O) groups excluding carboxylic acids is 1. The number of benzene rings is 2. The molecule has 0 saturated carbocycles. The number of rotatable bonds is 3. The Morgan fingerprint density at radius 3 is 2.52 bits per heavy atom. The Kier molecular flexibility index (Phi) is 3.82. The van der Waals surface area contributed by atoms with Gasteiger partial charge in [-0.25, -0.2) is 5.01 Å². The minimum atomic E-state index is -0.381. The summed E-state index contributed by atoms with van der Waals surface area (Å²) in [4.78, 5) is 12.8. The van der Waals surface area contributed by atoms with Gasteiger partial charge in [-0.1, -0.05) is 48.5 Å². The van der Waals surface area contributed by atoms with Gasteiger partial charge in [-0.2, -0.15) is 5.10 Å². The van der Waals surface area contributed by atoms with Crippen LogP contribution in [0.25, 0.3) is 0 Å². The number of aromatic hydroxyl groups is 1. The molecule has 5 heteroatoms. The number of nitrogens with zero attached hydrogens (tertiary/aromatic N) is 2. The number of hydrazone groups is 1. The first-order valence-corrected chi connectivity index (χ1v) is 8.02. The largest absolute Gasteiger partial charge is 0.508 e. The first-order chi connectivity index (χ1) is 12.2. The van der Waals surface area contributed by atoms with Crippen molar-refractivity contribution in [2.45, 2.75) is 12.5 Å². The third-order valence-corrected chi connectivity index (χ3v) is 4.25. The van der Waals surface area contributed by atoms with Crippen molar-refractivity contribution in [3.63, 3.8) is 0 Å². The van der Waals surface area contributed by atoms with Crippen LogP contribution < -0.4 is 0 Å². The van der Waals surface area contributed by atoms with Gasteiger partial charge in [0.2, 0.25) is 0 Å². The Labute approximate surface area is 144 Å². The fraction of sp³-hybridized carbons (Fsp3) is 0.100. The van der Waals surface area contributed by atoms with Crippen molar-refractivity contribution >= 4 is 11.6 Å². The Bertz CT molecular complexity index is 917. The third kappa shape index (κ3) is 2.80. The van der Waals surface area contributed by atoms with Crippen LogP contribution in [0.3, 0.4) is 0 Å². The van der Waals surface area contributed by atoms with E-state index in [1.54, 1.807) is 24.3 Å². The molecule has 1 amide bonds. The number of para-hydroxylation sites is 1. The molecule has 0 spiro atoms. The van der Waals surface area contributed by atoms with Crippen molar-refractivity contribution in [2.75, 3.05) is 0 Å². The van der Waals surface area contributed by atoms with Gasteiger partial charge in [-0.05, 0) is 23.8 Å². The fourth-order valence-corrected chi connectivity index (χ4v) is 3.03. The molecule has 0 fully saturated rings. The van der Waals surface area contributed by atoms with Gasteiger partial charge in [0, 0.05) is 12.0 Å². The molecule has 0 saturated heterocycles. The second kappa shape index (κ2) is 6.28. The number of hydrogen-bond donors (Lipinski definition) is 1. The molecule has 1 N–H and O–H groups in total.